The summed E-state index contributed by atoms with van der Waals surface area (Å²) in [6, 6.07) is 7.63. The van der Waals surface area contributed by atoms with Crippen molar-refractivity contribution in [1.82, 2.24) is 14.9 Å². The summed E-state index contributed by atoms with van der Waals surface area (Å²) in [5.41, 5.74) is 1.22. The number of fused-ring (bicyclic) bond motifs is 1. The fourth-order valence-corrected chi connectivity index (χ4v) is 3.68. The molecule has 0 aliphatic carbocycles. The number of aromatic amines is 1. The first-order valence-corrected chi connectivity index (χ1v) is 8.24. The average Bonchev–Trinajstić information content (AvgIpc) is 3.02. The molecule has 2 aromatic rings. The Morgan fingerprint density at radius 2 is 2.13 bits per heavy atom. The number of piperidine rings is 1. The summed E-state index contributed by atoms with van der Waals surface area (Å²) in [7, 11) is 0. The molecule has 1 unspecified atom stereocenters. The summed E-state index contributed by atoms with van der Waals surface area (Å²) in [6.45, 7) is 1.88. The monoisotopic (exact) mass is 315 g/mol. The maximum atomic E-state index is 12.7. The van der Waals surface area contributed by atoms with E-state index in [-0.39, 0.29) is 5.91 Å². The van der Waals surface area contributed by atoms with Gasteiger partial charge in [0.2, 0.25) is 0 Å². The van der Waals surface area contributed by atoms with Crippen molar-refractivity contribution >= 4 is 16.9 Å². The smallest absolute Gasteiger partial charge is 0.289 e. The van der Waals surface area contributed by atoms with E-state index in [4.69, 9.17) is 4.74 Å². The van der Waals surface area contributed by atoms with Gasteiger partial charge in [-0.15, -0.1) is 0 Å². The van der Waals surface area contributed by atoms with Gasteiger partial charge in [-0.3, -0.25) is 4.79 Å². The van der Waals surface area contributed by atoms with Gasteiger partial charge in [0.15, 0.2) is 5.82 Å². The van der Waals surface area contributed by atoms with Gasteiger partial charge < -0.3 is 19.7 Å². The molecule has 2 fully saturated rings. The van der Waals surface area contributed by atoms with E-state index in [1.807, 2.05) is 24.3 Å². The van der Waals surface area contributed by atoms with Crippen molar-refractivity contribution in [2.24, 2.45) is 0 Å². The maximum absolute atomic E-state index is 12.7. The van der Waals surface area contributed by atoms with Gasteiger partial charge in [0, 0.05) is 19.7 Å². The Hall–Kier alpha value is -1.92. The van der Waals surface area contributed by atoms with Gasteiger partial charge >= 0.3 is 0 Å². The second-order valence-electron chi connectivity index (χ2n) is 6.47. The minimum absolute atomic E-state index is 0.0821. The van der Waals surface area contributed by atoms with E-state index in [1.165, 1.54) is 0 Å². The Kier molecular flexibility index (Phi) is 3.58. The number of carbonyl (C=O) groups excluding carboxylic acids is 1. The number of hydrogen-bond donors (Lipinski definition) is 2. The Morgan fingerprint density at radius 1 is 1.35 bits per heavy atom. The first-order chi connectivity index (χ1) is 11.2. The molecular weight excluding hydrogens is 294 g/mol. The number of nitrogens with zero attached hydrogens (tertiary/aromatic N) is 2. The number of aliphatic hydroxyl groups is 1. The molecule has 4 rings (SSSR count). The van der Waals surface area contributed by atoms with Crippen LogP contribution < -0.4 is 0 Å². The number of hydrogen-bond acceptors (Lipinski definition) is 4. The maximum Gasteiger partial charge on any atom is 0.289 e. The molecule has 6 nitrogen and oxygen atoms in total. The summed E-state index contributed by atoms with van der Waals surface area (Å²) in [5, 5.41) is 10.3. The molecule has 0 bridgehead atoms. The number of aromatic nitrogens is 2. The van der Waals surface area contributed by atoms with Crippen LogP contribution in [0.25, 0.3) is 11.0 Å². The van der Waals surface area contributed by atoms with Gasteiger partial charge in [-0.1, -0.05) is 12.1 Å². The largest absolute Gasteiger partial charge is 0.390 e. The first kappa shape index (κ1) is 14.7. The number of aliphatic hydroxyl groups excluding tert-OH is 1. The third kappa shape index (κ3) is 2.52. The molecule has 2 aliphatic heterocycles. The lowest BCUT2D eigenvalue weighted by molar-refractivity contribution is -0.174. The molecule has 0 saturated carbocycles. The van der Waals surface area contributed by atoms with Gasteiger partial charge in [0.1, 0.15) is 0 Å². The Labute approximate surface area is 134 Å². The van der Waals surface area contributed by atoms with Crippen molar-refractivity contribution < 1.29 is 14.6 Å². The summed E-state index contributed by atoms with van der Waals surface area (Å²) < 4.78 is 5.89. The van der Waals surface area contributed by atoms with Crippen molar-refractivity contribution in [3.8, 4) is 0 Å². The highest BCUT2D eigenvalue weighted by molar-refractivity contribution is 5.94. The number of rotatable bonds is 1. The van der Waals surface area contributed by atoms with Crippen LogP contribution >= 0.6 is 0 Å². The van der Waals surface area contributed by atoms with E-state index in [1.54, 1.807) is 4.90 Å². The molecule has 6 heteroatoms. The molecule has 1 amide bonds. The quantitative estimate of drug-likeness (QED) is 0.840. The van der Waals surface area contributed by atoms with Crippen molar-refractivity contribution in [2.75, 3.05) is 19.7 Å². The lowest BCUT2D eigenvalue weighted by Gasteiger charge is -2.46. The van der Waals surface area contributed by atoms with Crippen LogP contribution in [0.4, 0.5) is 0 Å². The second kappa shape index (κ2) is 5.62. The van der Waals surface area contributed by atoms with E-state index in [0.29, 0.717) is 38.4 Å². The number of para-hydroxylation sites is 2. The zero-order chi connectivity index (χ0) is 15.9. The Bertz CT molecular complexity index is 686. The number of carbonyl (C=O) groups is 1. The van der Waals surface area contributed by atoms with Crippen LogP contribution in [0.2, 0.25) is 0 Å². The predicted molar refractivity (Wildman–Crippen MR) is 85.2 cm³/mol. The van der Waals surface area contributed by atoms with Gasteiger partial charge in [-0.05, 0) is 37.8 Å². The molecular formula is C17H21N3O3. The normalized spacial score (nSPS) is 24.2. The van der Waals surface area contributed by atoms with E-state index in [2.05, 4.69) is 9.97 Å². The van der Waals surface area contributed by atoms with Crippen LogP contribution in [0, 0.1) is 0 Å². The van der Waals surface area contributed by atoms with Gasteiger partial charge in [-0.25, -0.2) is 4.98 Å². The third-order valence-corrected chi connectivity index (χ3v) is 5.11. The molecule has 2 aliphatic rings. The van der Waals surface area contributed by atoms with Crippen molar-refractivity contribution in [1.29, 1.82) is 0 Å². The first-order valence-electron chi connectivity index (χ1n) is 8.24. The van der Waals surface area contributed by atoms with Crippen LogP contribution in [-0.2, 0) is 4.74 Å². The fourth-order valence-electron chi connectivity index (χ4n) is 3.68. The van der Waals surface area contributed by atoms with Crippen LogP contribution in [0.15, 0.2) is 24.3 Å². The number of benzene rings is 1. The van der Waals surface area contributed by atoms with Gasteiger partial charge in [-0.2, -0.15) is 0 Å². The van der Waals surface area contributed by atoms with Crippen molar-refractivity contribution in [3.05, 3.63) is 30.1 Å². The second-order valence-corrected chi connectivity index (χ2v) is 6.47. The minimum Gasteiger partial charge on any atom is -0.390 e. The number of likely N-dealkylation sites (tertiary alicyclic amines) is 1. The summed E-state index contributed by atoms with van der Waals surface area (Å²) >= 11 is 0. The predicted octanol–water partition coefficient (Wildman–Crippen LogP) is 1.71. The standard InChI is InChI=1S/C17H21N3O3/c21-14-6-3-11-23-17(14)7-9-20(10-8-17)16(22)15-18-12-4-1-2-5-13(12)19-15/h1-2,4-5,14,21H,3,6-11H2,(H,18,19). The molecule has 1 aromatic heterocycles. The highest BCUT2D eigenvalue weighted by atomic mass is 16.5. The Balaban J connectivity index is 1.48. The fraction of sp³-hybridized carbons (Fsp3) is 0.529. The average molecular weight is 315 g/mol. The number of amides is 1. The van der Waals surface area contributed by atoms with Crippen LogP contribution in [0.1, 0.15) is 36.3 Å². The number of H-pyrrole nitrogens is 1. The number of ether oxygens (including phenoxy) is 1. The zero-order valence-corrected chi connectivity index (χ0v) is 13.0. The van der Waals surface area contributed by atoms with E-state index in [0.717, 1.165) is 23.9 Å². The summed E-state index contributed by atoms with van der Waals surface area (Å²) in [5.74, 6) is 0.300. The number of nitrogens with one attached hydrogen (secondary N) is 1. The lowest BCUT2D eigenvalue weighted by Crippen LogP contribution is -2.56. The van der Waals surface area contributed by atoms with Crippen molar-refractivity contribution in [2.45, 2.75) is 37.4 Å². The molecule has 1 atom stereocenters. The van der Waals surface area contributed by atoms with E-state index < -0.39 is 11.7 Å². The summed E-state index contributed by atoms with van der Waals surface area (Å²) in [6.07, 6.45) is 2.64. The SMILES string of the molecule is O=C(c1nc2ccccc2[nH]1)N1CCC2(CC1)OCCCC2O. The van der Waals surface area contributed by atoms with E-state index in [9.17, 15) is 9.90 Å². The molecule has 23 heavy (non-hydrogen) atoms. The van der Waals surface area contributed by atoms with E-state index >= 15 is 0 Å². The molecule has 1 spiro atoms. The minimum atomic E-state index is -0.455. The topological polar surface area (TPSA) is 78.5 Å². The van der Waals surface area contributed by atoms with Gasteiger partial charge in [0.05, 0.1) is 22.7 Å². The molecule has 1 aromatic carbocycles. The van der Waals surface area contributed by atoms with Crippen LogP contribution in [0.3, 0.4) is 0 Å². The van der Waals surface area contributed by atoms with Crippen LogP contribution in [-0.4, -0.2) is 57.3 Å². The molecule has 2 N–H and O–H groups in total. The molecule has 3 heterocycles. The Morgan fingerprint density at radius 3 is 2.87 bits per heavy atom. The highest BCUT2D eigenvalue weighted by Crippen LogP contribution is 2.35. The van der Waals surface area contributed by atoms with Crippen molar-refractivity contribution in [3.63, 3.8) is 0 Å². The number of imidazole rings is 1. The molecule has 2 saturated heterocycles. The lowest BCUT2D eigenvalue weighted by atomic mass is 9.82. The zero-order valence-electron chi connectivity index (χ0n) is 13.0. The van der Waals surface area contributed by atoms with Gasteiger partial charge in [0.25, 0.3) is 5.91 Å². The molecule has 0 radical (unpaired) electrons. The highest BCUT2D eigenvalue weighted by Gasteiger charge is 2.44. The van der Waals surface area contributed by atoms with Crippen LogP contribution in [0.5, 0.6) is 0 Å². The molecule has 122 valence electrons. The third-order valence-electron chi connectivity index (χ3n) is 5.11. The summed E-state index contributed by atoms with van der Waals surface area (Å²) in [4.78, 5) is 21.9.